The minimum atomic E-state index is -3.22. The number of nitrogens with one attached hydrogen (secondary N) is 1. The lowest BCUT2D eigenvalue weighted by Crippen LogP contribution is -2.56. The van der Waals surface area contributed by atoms with E-state index in [1.54, 1.807) is 7.11 Å². The summed E-state index contributed by atoms with van der Waals surface area (Å²) in [5, 5.41) is 3.35. The third-order valence-electron chi connectivity index (χ3n) is 6.17. The number of rotatable bonds is 7. The second-order valence-corrected chi connectivity index (χ2v) is 12.4. The number of methoxy groups -OCH3 is 1. The average Bonchev–Trinajstić information content (AvgIpc) is 2.71. The number of ether oxygens (including phenoxy) is 3. The maximum Gasteiger partial charge on any atom is 0.346 e. The molecule has 0 aromatic heterocycles. The number of hydrogen-bond donors (Lipinski definition) is 1. The van der Waals surface area contributed by atoms with Crippen LogP contribution in [0.1, 0.15) is 20.8 Å². The van der Waals surface area contributed by atoms with Crippen LogP contribution in [-0.4, -0.2) is 132 Å². The molecule has 3 heterocycles. The summed E-state index contributed by atoms with van der Waals surface area (Å²) in [6.07, 6.45) is -0.219. The second kappa shape index (κ2) is 11.0. The maximum atomic E-state index is 14.5. The zero-order valence-corrected chi connectivity index (χ0v) is 21.1. The predicted molar refractivity (Wildman–Crippen MR) is 127 cm³/mol. The van der Waals surface area contributed by atoms with Crippen molar-refractivity contribution in [1.82, 2.24) is 19.6 Å². The van der Waals surface area contributed by atoms with Gasteiger partial charge in [-0.2, -0.15) is 0 Å². The highest BCUT2D eigenvalue weighted by Gasteiger charge is 2.44. The molecule has 3 aliphatic rings. The lowest BCUT2D eigenvalue weighted by Gasteiger charge is -2.46. The van der Waals surface area contributed by atoms with E-state index >= 15 is 0 Å². The Balaban J connectivity index is 1.73. The fourth-order valence-electron chi connectivity index (χ4n) is 4.62. The van der Waals surface area contributed by atoms with Gasteiger partial charge in [-0.1, -0.05) is 0 Å². The van der Waals surface area contributed by atoms with E-state index in [-0.39, 0.29) is 29.8 Å². The van der Waals surface area contributed by atoms with Crippen LogP contribution < -0.4 is 5.32 Å². The zero-order valence-electron chi connectivity index (χ0n) is 20.2. The molecule has 3 aliphatic heterocycles. The van der Waals surface area contributed by atoms with Crippen molar-refractivity contribution >= 4 is 23.4 Å². The van der Waals surface area contributed by atoms with Crippen LogP contribution in [0.25, 0.3) is 0 Å². The lowest BCUT2D eigenvalue weighted by atomic mass is 9.94. The van der Waals surface area contributed by atoms with Crippen LogP contribution in [0.5, 0.6) is 0 Å². The molecule has 5 atom stereocenters. The van der Waals surface area contributed by atoms with Gasteiger partial charge in [0.25, 0.3) is 0 Å². The van der Waals surface area contributed by atoms with Crippen LogP contribution in [-0.2, 0) is 23.3 Å². The highest BCUT2D eigenvalue weighted by molar-refractivity contribution is 7.54. The lowest BCUT2D eigenvalue weighted by molar-refractivity contribution is -0.0940. The topological polar surface area (TPSA) is 75.7 Å². The minimum Gasteiger partial charge on any atom is -0.382 e. The molecule has 3 rings (SSSR count). The van der Waals surface area contributed by atoms with Gasteiger partial charge in [0.05, 0.1) is 25.4 Å². The summed E-state index contributed by atoms with van der Waals surface area (Å²) in [6, 6.07) is 0.0886. The largest absolute Gasteiger partial charge is 0.382 e. The summed E-state index contributed by atoms with van der Waals surface area (Å²) < 4.78 is 42.3. The Hall–Kier alpha value is 0.0399. The van der Waals surface area contributed by atoms with Gasteiger partial charge in [-0.25, -0.2) is 9.34 Å². The third kappa shape index (κ3) is 6.78. The van der Waals surface area contributed by atoms with Crippen molar-refractivity contribution in [3.63, 3.8) is 0 Å². The molecule has 0 aromatic carbocycles. The zero-order chi connectivity index (χ0) is 22.6. The van der Waals surface area contributed by atoms with E-state index in [2.05, 4.69) is 38.8 Å². The van der Waals surface area contributed by atoms with Crippen molar-refractivity contribution in [1.29, 1.82) is 0 Å². The summed E-state index contributed by atoms with van der Waals surface area (Å²) in [5.41, 5.74) is 0.0611. The predicted octanol–water partition coefficient (Wildman–Crippen LogP) is -1.22. The van der Waals surface area contributed by atoms with E-state index in [9.17, 15) is 4.57 Å². The monoisotopic (exact) mass is 458 g/mol. The standard InChI is InChI=1S/C19H41B2N4O5P/c1-19(2,3)23-9-15(29-17(20)11-23)14-28-31(26,24-7-5-22-6-8-24)25-10-16(13-27-4)30-18(21)12-25/h15-18,22H,5-14,20-21H2,1-4H3. The Bertz CT molecular complexity index is 623. The Kier molecular flexibility index (Phi) is 9.09. The van der Waals surface area contributed by atoms with Gasteiger partial charge in [0.1, 0.15) is 15.7 Å². The Morgan fingerprint density at radius 1 is 0.968 bits per heavy atom. The van der Waals surface area contributed by atoms with Gasteiger partial charge in [-0.15, -0.1) is 0 Å². The van der Waals surface area contributed by atoms with Crippen molar-refractivity contribution in [3.05, 3.63) is 0 Å². The van der Waals surface area contributed by atoms with Gasteiger partial charge in [0.15, 0.2) is 0 Å². The van der Waals surface area contributed by atoms with Gasteiger partial charge in [0.2, 0.25) is 0 Å². The summed E-state index contributed by atoms with van der Waals surface area (Å²) in [5.74, 6) is 0. The van der Waals surface area contributed by atoms with Crippen molar-refractivity contribution < 1.29 is 23.3 Å². The maximum absolute atomic E-state index is 14.5. The Morgan fingerprint density at radius 2 is 1.58 bits per heavy atom. The number of hydrogen-bond acceptors (Lipinski definition) is 7. The molecule has 9 nitrogen and oxygen atoms in total. The first kappa shape index (κ1) is 25.7. The van der Waals surface area contributed by atoms with Crippen LogP contribution in [0.15, 0.2) is 0 Å². The first-order valence-corrected chi connectivity index (χ1v) is 13.2. The molecule has 3 fully saturated rings. The van der Waals surface area contributed by atoms with Gasteiger partial charge in [-0.05, 0) is 20.8 Å². The number of morpholine rings is 2. The fraction of sp³-hybridized carbons (Fsp3) is 1.00. The Morgan fingerprint density at radius 3 is 2.19 bits per heavy atom. The molecule has 5 unspecified atom stereocenters. The molecule has 0 bridgehead atoms. The first-order valence-electron chi connectivity index (χ1n) is 11.6. The molecule has 12 heteroatoms. The molecule has 3 saturated heterocycles. The average molecular weight is 458 g/mol. The SMILES string of the molecule is BC1CN(C(C)(C)C)CC(COP(=O)(N2CCNCC2)N2CC(B)OC(COC)C2)O1. The molecule has 0 amide bonds. The number of piperazine rings is 1. The molecule has 0 saturated carbocycles. The van der Waals surface area contributed by atoms with Crippen molar-refractivity contribution in [2.75, 3.05) is 72.7 Å². The summed E-state index contributed by atoms with van der Waals surface area (Å²) >= 11 is 0. The molecular formula is C19H41B2N4O5P. The molecule has 0 spiro atoms. The van der Waals surface area contributed by atoms with Crippen LogP contribution in [0.2, 0.25) is 0 Å². The Labute approximate surface area is 189 Å². The van der Waals surface area contributed by atoms with Crippen LogP contribution in [0.4, 0.5) is 0 Å². The van der Waals surface area contributed by atoms with E-state index in [1.807, 2.05) is 17.2 Å². The van der Waals surface area contributed by atoms with Crippen molar-refractivity contribution in [3.8, 4) is 0 Å². The molecule has 178 valence electrons. The van der Waals surface area contributed by atoms with Gasteiger partial charge >= 0.3 is 7.67 Å². The van der Waals surface area contributed by atoms with E-state index < -0.39 is 7.67 Å². The molecular weight excluding hydrogens is 417 g/mol. The summed E-state index contributed by atoms with van der Waals surface area (Å²) in [4.78, 5) is 2.43. The minimum absolute atomic E-state index is 0.0314. The third-order valence-corrected chi connectivity index (χ3v) is 8.81. The summed E-state index contributed by atoms with van der Waals surface area (Å²) in [6.45, 7) is 13.3. The normalized spacial score (nSPS) is 34.5. The molecule has 0 radical (unpaired) electrons. The smallest absolute Gasteiger partial charge is 0.346 e. The van der Waals surface area contributed by atoms with E-state index in [1.165, 1.54) is 0 Å². The second-order valence-electron chi connectivity index (χ2n) is 10.0. The quantitative estimate of drug-likeness (QED) is 0.374. The highest BCUT2D eigenvalue weighted by Crippen LogP contribution is 2.55. The first-order chi connectivity index (χ1) is 14.6. The van der Waals surface area contributed by atoms with Gasteiger partial charge < -0.3 is 24.1 Å². The van der Waals surface area contributed by atoms with E-state index in [0.717, 1.165) is 26.2 Å². The van der Waals surface area contributed by atoms with Crippen molar-refractivity contribution in [2.45, 2.75) is 50.5 Å². The summed E-state index contributed by atoms with van der Waals surface area (Å²) in [7, 11) is 2.56. The van der Waals surface area contributed by atoms with Crippen LogP contribution in [0, 0.1) is 0 Å². The number of nitrogens with zero attached hydrogens (tertiary/aromatic N) is 3. The van der Waals surface area contributed by atoms with Gasteiger partial charge in [-0.3, -0.25) is 9.46 Å². The van der Waals surface area contributed by atoms with Crippen LogP contribution in [0.3, 0.4) is 0 Å². The molecule has 0 aromatic rings. The van der Waals surface area contributed by atoms with E-state index in [0.29, 0.717) is 39.4 Å². The molecule has 31 heavy (non-hydrogen) atoms. The highest BCUT2D eigenvalue weighted by atomic mass is 31.2. The van der Waals surface area contributed by atoms with Gasteiger partial charge in [0, 0.05) is 77.0 Å². The fourth-order valence-corrected chi connectivity index (χ4v) is 7.19. The molecule has 0 aliphatic carbocycles. The van der Waals surface area contributed by atoms with Crippen LogP contribution >= 0.6 is 7.67 Å². The van der Waals surface area contributed by atoms with Crippen molar-refractivity contribution in [2.24, 2.45) is 0 Å². The molecule has 1 N–H and O–H groups in total. The van der Waals surface area contributed by atoms with E-state index in [4.69, 9.17) is 18.7 Å².